The normalized spacial score (nSPS) is 16.9. The van der Waals surface area contributed by atoms with Crippen LogP contribution in [0.5, 0.6) is 0 Å². The minimum absolute atomic E-state index is 0.0203. The molecular formula is C16H23N3OS. The lowest BCUT2D eigenvalue weighted by molar-refractivity contribution is -0.121. The number of hydrogen-bond acceptors (Lipinski definition) is 3. The topological polar surface area (TPSA) is 58.4 Å². The van der Waals surface area contributed by atoms with Crippen molar-refractivity contribution in [2.75, 3.05) is 12.4 Å². The maximum atomic E-state index is 12.4. The maximum Gasteiger partial charge on any atom is 0.241 e. The van der Waals surface area contributed by atoms with Gasteiger partial charge in [-0.3, -0.25) is 9.69 Å². The number of benzene rings is 1. The van der Waals surface area contributed by atoms with Crippen molar-refractivity contribution in [2.24, 2.45) is 5.73 Å². The van der Waals surface area contributed by atoms with E-state index in [4.69, 9.17) is 18.0 Å². The summed E-state index contributed by atoms with van der Waals surface area (Å²) in [5.41, 5.74) is 7.08. The van der Waals surface area contributed by atoms with Gasteiger partial charge < -0.3 is 11.1 Å². The number of carbonyl (C=O) groups excluding carboxylic acids is 1. The van der Waals surface area contributed by atoms with Crippen LogP contribution < -0.4 is 11.1 Å². The minimum atomic E-state index is -0.174. The fourth-order valence-electron chi connectivity index (χ4n) is 2.86. The average molecular weight is 305 g/mol. The van der Waals surface area contributed by atoms with E-state index >= 15 is 0 Å². The lowest BCUT2D eigenvalue weighted by atomic mass is 10.1. The van der Waals surface area contributed by atoms with Gasteiger partial charge in [0.25, 0.3) is 0 Å². The second kappa shape index (κ2) is 7.00. The van der Waals surface area contributed by atoms with Gasteiger partial charge in [-0.1, -0.05) is 37.2 Å². The molecule has 0 heterocycles. The van der Waals surface area contributed by atoms with Crippen LogP contribution in [0.25, 0.3) is 0 Å². The van der Waals surface area contributed by atoms with E-state index in [1.165, 1.54) is 25.7 Å². The van der Waals surface area contributed by atoms with E-state index in [0.29, 0.717) is 22.3 Å². The molecule has 0 radical (unpaired) electrons. The van der Waals surface area contributed by atoms with E-state index < -0.39 is 0 Å². The van der Waals surface area contributed by atoms with Crippen LogP contribution in [0, 0.1) is 0 Å². The van der Waals surface area contributed by atoms with Crippen molar-refractivity contribution in [3.63, 3.8) is 0 Å². The molecule has 1 fully saturated rings. The predicted molar refractivity (Wildman–Crippen MR) is 90.4 cm³/mol. The highest BCUT2D eigenvalue weighted by atomic mass is 32.1. The van der Waals surface area contributed by atoms with Gasteiger partial charge in [0, 0.05) is 11.6 Å². The van der Waals surface area contributed by atoms with Gasteiger partial charge in [-0.2, -0.15) is 0 Å². The van der Waals surface area contributed by atoms with Crippen molar-refractivity contribution < 1.29 is 4.79 Å². The summed E-state index contributed by atoms with van der Waals surface area (Å²) in [4.78, 5) is 14.9. The largest absolute Gasteiger partial charge is 0.389 e. The highest BCUT2D eigenvalue weighted by Gasteiger charge is 2.27. The Balaban J connectivity index is 2.05. The zero-order chi connectivity index (χ0) is 15.4. The van der Waals surface area contributed by atoms with E-state index in [2.05, 4.69) is 10.2 Å². The van der Waals surface area contributed by atoms with Crippen molar-refractivity contribution in [3.8, 4) is 0 Å². The molecule has 0 spiro atoms. The number of rotatable bonds is 5. The van der Waals surface area contributed by atoms with Crippen molar-refractivity contribution in [3.05, 3.63) is 29.8 Å². The minimum Gasteiger partial charge on any atom is -0.389 e. The average Bonchev–Trinajstić information content (AvgIpc) is 3.00. The Morgan fingerprint density at radius 1 is 1.38 bits per heavy atom. The summed E-state index contributed by atoms with van der Waals surface area (Å²) in [7, 11) is 2.03. The molecule has 1 saturated carbocycles. The Labute approximate surface area is 131 Å². The first-order chi connectivity index (χ1) is 10.0. The molecule has 2 rings (SSSR count). The monoisotopic (exact) mass is 305 g/mol. The number of amides is 1. The zero-order valence-corrected chi connectivity index (χ0v) is 13.5. The van der Waals surface area contributed by atoms with Gasteiger partial charge in [0.1, 0.15) is 4.99 Å². The van der Waals surface area contributed by atoms with E-state index in [1.54, 1.807) is 0 Å². The van der Waals surface area contributed by atoms with Crippen LogP contribution in [0.2, 0.25) is 0 Å². The highest BCUT2D eigenvalue weighted by molar-refractivity contribution is 7.80. The Bertz CT molecular complexity index is 526. The van der Waals surface area contributed by atoms with E-state index in [0.717, 1.165) is 0 Å². The van der Waals surface area contributed by atoms with Crippen LogP contribution >= 0.6 is 12.2 Å². The first-order valence-electron chi connectivity index (χ1n) is 7.42. The molecule has 0 saturated heterocycles. The number of thiocarbonyl (C=S) groups is 1. The molecule has 1 aromatic carbocycles. The van der Waals surface area contributed by atoms with E-state index in [1.807, 2.05) is 38.2 Å². The Morgan fingerprint density at radius 2 is 2.00 bits per heavy atom. The summed E-state index contributed by atoms with van der Waals surface area (Å²) in [6.45, 7) is 1.94. The number of para-hydroxylation sites is 1. The summed E-state index contributed by atoms with van der Waals surface area (Å²) in [6.07, 6.45) is 4.87. The predicted octanol–water partition coefficient (Wildman–Crippen LogP) is 2.52. The van der Waals surface area contributed by atoms with Gasteiger partial charge in [-0.05, 0) is 38.9 Å². The molecule has 3 N–H and O–H groups in total. The number of nitrogens with zero attached hydrogens (tertiary/aromatic N) is 1. The molecule has 1 atom stereocenters. The van der Waals surface area contributed by atoms with Crippen LogP contribution in [0.15, 0.2) is 24.3 Å². The molecule has 1 aliphatic carbocycles. The molecule has 1 unspecified atom stereocenters. The molecule has 1 aromatic rings. The lowest BCUT2D eigenvalue weighted by Gasteiger charge is -2.29. The first-order valence-corrected chi connectivity index (χ1v) is 7.83. The van der Waals surface area contributed by atoms with Gasteiger partial charge in [0.05, 0.1) is 11.7 Å². The van der Waals surface area contributed by atoms with Gasteiger partial charge in [0.2, 0.25) is 5.91 Å². The molecule has 1 amide bonds. The fraction of sp³-hybridized carbons (Fsp3) is 0.500. The first kappa shape index (κ1) is 15.9. The smallest absolute Gasteiger partial charge is 0.241 e. The molecule has 1 aliphatic rings. The van der Waals surface area contributed by atoms with E-state index in [9.17, 15) is 4.79 Å². The van der Waals surface area contributed by atoms with Crippen molar-refractivity contribution >= 4 is 28.8 Å². The third-order valence-corrected chi connectivity index (χ3v) is 4.56. The maximum absolute atomic E-state index is 12.4. The zero-order valence-electron chi connectivity index (χ0n) is 12.6. The molecule has 114 valence electrons. The van der Waals surface area contributed by atoms with Gasteiger partial charge in [0.15, 0.2) is 0 Å². The fourth-order valence-corrected chi connectivity index (χ4v) is 3.03. The number of anilines is 1. The number of likely N-dealkylation sites (N-methyl/N-ethyl adjacent to an activating group) is 1. The number of carbonyl (C=O) groups is 1. The summed E-state index contributed by atoms with van der Waals surface area (Å²) >= 11 is 5.02. The third-order valence-electron chi connectivity index (χ3n) is 4.34. The highest BCUT2D eigenvalue weighted by Crippen LogP contribution is 2.24. The van der Waals surface area contributed by atoms with Crippen LogP contribution in [-0.4, -0.2) is 34.9 Å². The molecule has 0 aromatic heterocycles. The molecule has 21 heavy (non-hydrogen) atoms. The summed E-state index contributed by atoms with van der Waals surface area (Å²) < 4.78 is 0. The molecule has 0 bridgehead atoms. The van der Waals surface area contributed by atoms with Crippen molar-refractivity contribution in [1.29, 1.82) is 0 Å². The summed E-state index contributed by atoms with van der Waals surface area (Å²) in [5, 5.41) is 2.95. The van der Waals surface area contributed by atoms with Crippen LogP contribution in [0.1, 0.15) is 38.2 Å². The number of nitrogens with two attached hydrogens (primary N) is 1. The third kappa shape index (κ3) is 3.80. The Morgan fingerprint density at radius 3 is 2.62 bits per heavy atom. The van der Waals surface area contributed by atoms with Crippen LogP contribution in [0.4, 0.5) is 5.69 Å². The van der Waals surface area contributed by atoms with E-state index in [-0.39, 0.29) is 11.9 Å². The Hall–Kier alpha value is -1.46. The van der Waals surface area contributed by atoms with Crippen molar-refractivity contribution in [2.45, 2.75) is 44.7 Å². The lowest BCUT2D eigenvalue weighted by Crippen LogP contribution is -2.44. The Kier molecular flexibility index (Phi) is 5.31. The quantitative estimate of drug-likeness (QED) is 0.821. The van der Waals surface area contributed by atoms with Gasteiger partial charge in [-0.25, -0.2) is 0 Å². The summed E-state index contributed by atoms with van der Waals surface area (Å²) in [5.74, 6) is -0.0203. The van der Waals surface area contributed by atoms with Crippen LogP contribution in [0.3, 0.4) is 0 Å². The summed E-state index contributed by atoms with van der Waals surface area (Å²) in [6, 6.07) is 7.71. The number of nitrogens with one attached hydrogen (secondary N) is 1. The molecule has 5 heteroatoms. The van der Waals surface area contributed by atoms with Gasteiger partial charge in [-0.15, -0.1) is 0 Å². The second-order valence-corrected chi connectivity index (χ2v) is 6.12. The SMILES string of the molecule is CC(C(=O)Nc1ccccc1C(N)=S)N(C)C1CCCC1. The standard InChI is InChI=1S/C16H23N3OS/c1-11(19(2)12-7-3-4-8-12)16(20)18-14-10-6-5-9-13(14)15(17)21/h5-6,9-12H,3-4,7-8H2,1-2H3,(H2,17,21)(H,18,20). The number of hydrogen-bond donors (Lipinski definition) is 2. The van der Waals surface area contributed by atoms with Crippen LogP contribution in [-0.2, 0) is 4.79 Å². The molecular weight excluding hydrogens is 282 g/mol. The van der Waals surface area contributed by atoms with Crippen molar-refractivity contribution in [1.82, 2.24) is 4.90 Å². The molecule has 4 nitrogen and oxygen atoms in total. The van der Waals surface area contributed by atoms with Gasteiger partial charge >= 0.3 is 0 Å². The second-order valence-electron chi connectivity index (χ2n) is 5.68. The molecule has 0 aliphatic heterocycles.